The number of aliphatic hydroxyl groups is 1. The minimum atomic E-state index is -3.24. The van der Waals surface area contributed by atoms with Crippen molar-refractivity contribution in [2.45, 2.75) is 37.0 Å². The van der Waals surface area contributed by atoms with E-state index in [-0.39, 0.29) is 18.3 Å². The molecule has 3 atom stereocenters. The van der Waals surface area contributed by atoms with Gasteiger partial charge in [0.05, 0.1) is 17.4 Å². The first kappa shape index (κ1) is 14.5. The second kappa shape index (κ2) is 4.89. The number of aliphatic hydroxyl groups excluding tert-OH is 1. The van der Waals surface area contributed by atoms with Crippen molar-refractivity contribution in [3.8, 4) is 0 Å². The summed E-state index contributed by atoms with van der Waals surface area (Å²) in [6, 6.07) is 7.82. The van der Waals surface area contributed by atoms with Crippen molar-refractivity contribution in [1.82, 2.24) is 0 Å². The Kier molecular flexibility index (Phi) is 3.73. The zero-order chi connectivity index (χ0) is 14.3. The van der Waals surface area contributed by atoms with Gasteiger partial charge in [-0.3, -0.25) is 0 Å². The van der Waals surface area contributed by atoms with Gasteiger partial charge < -0.3 is 10.8 Å². The minimum Gasteiger partial charge on any atom is -0.394 e. The second-order valence-electron chi connectivity index (χ2n) is 5.22. The Morgan fingerprint density at radius 1 is 1.26 bits per heavy atom. The number of nitrogens with two attached hydrogens (primary N) is 1. The highest BCUT2D eigenvalue weighted by atomic mass is 32.2. The molecule has 0 unspecified atom stereocenters. The summed E-state index contributed by atoms with van der Waals surface area (Å²) in [7, 11) is -3.24. The number of sulfone groups is 1. The average molecular weight is 283 g/mol. The van der Waals surface area contributed by atoms with E-state index in [1.165, 1.54) is 5.56 Å². The van der Waals surface area contributed by atoms with Crippen LogP contribution < -0.4 is 5.73 Å². The largest absolute Gasteiger partial charge is 0.394 e. The molecule has 0 bridgehead atoms. The topological polar surface area (TPSA) is 80.4 Å². The van der Waals surface area contributed by atoms with E-state index in [0.717, 1.165) is 12.0 Å². The van der Waals surface area contributed by atoms with Crippen LogP contribution in [0.15, 0.2) is 24.3 Å². The Hall–Kier alpha value is -0.910. The van der Waals surface area contributed by atoms with Crippen molar-refractivity contribution < 1.29 is 13.5 Å². The van der Waals surface area contributed by atoms with Crippen molar-refractivity contribution in [1.29, 1.82) is 0 Å². The van der Waals surface area contributed by atoms with Gasteiger partial charge in [0.2, 0.25) is 0 Å². The molecule has 106 valence electrons. The summed E-state index contributed by atoms with van der Waals surface area (Å²) < 4.78 is 24.1. The van der Waals surface area contributed by atoms with E-state index in [0.29, 0.717) is 0 Å². The van der Waals surface area contributed by atoms with E-state index in [1.807, 2.05) is 24.3 Å². The summed E-state index contributed by atoms with van der Waals surface area (Å²) in [5.41, 5.74) is 7.14. The molecule has 4 nitrogen and oxygen atoms in total. The molecular formula is C14H21NO3S. The van der Waals surface area contributed by atoms with Crippen LogP contribution in [0.4, 0.5) is 0 Å². The summed E-state index contributed by atoms with van der Waals surface area (Å²) in [5.74, 6) is -0.242. The standard InChI is InChI=1S/C14H21NO3S/c1-3-10-5-7-11(8-6-10)12-13(14(12,15)9-16)19(17,18)4-2/h5-8,12-13,16H,3-4,9,15H2,1-2H3/t12-,13-,14-/m1/s1. The van der Waals surface area contributed by atoms with Crippen LogP contribution in [-0.2, 0) is 16.3 Å². The molecule has 0 heterocycles. The van der Waals surface area contributed by atoms with Gasteiger partial charge in [-0.2, -0.15) is 0 Å². The number of aryl methyl sites for hydroxylation is 1. The summed E-state index contributed by atoms with van der Waals surface area (Å²) in [5, 5.41) is 8.77. The number of hydrogen-bond donors (Lipinski definition) is 2. The van der Waals surface area contributed by atoms with E-state index in [1.54, 1.807) is 6.92 Å². The quantitative estimate of drug-likeness (QED) is 0.839. The van der Waals surface area contributed by atoms with Crippen LogP contribution in [0.3, 0.4) is 0 Å². The summed E-state index contributed by atoms with van der Waals surface area (Å²) >= 11 is 0. The maximum absolute atomic E-state index is 12.1. The lowest BCUT2D eigenvalue weighted by atomic mass is 10.0. The van der Waals surface area contributed by atoms with Crippen molar-refractivity contribution >= 4 is 9.84 Å². The molecule has 0 amide bonds. The molecule has 0 radical (unpaired) electrons. The molecule has 1 aromatic carbocycles. The summed E-state index contributed by atoms with van der Waals surface area (Å²) in [6.07, 6.45) is 0.940. The zero-order valence-corrected chi connectivity index (χ0v) is 12.2. The number of benzene rings is 1. The van der Waals surface area contributed by atoms with Crippen LogP contribution in [0, 0.1) is 0 Å². The van der Waals surface area contributed by atoms with Crippen molar-refractivity contribution in [3.05, 3.63) is 35.4 Å². The predicted molar refractivity (Wildman–Crippen MR) is 75.8 cm³/mol. The fourth-order valence-corrected chi connectivity index (χ4v) is 4.77. The minimum absolute atomic E-state index is 0.0557. The SMILES string of the molecule is CCc1ccc([C@@H]2[C@@H](S(=O)(=O)CC)[C@@]2(N)CO)cc1. The Morgan fingerprint density at radius 3 is 2.26 bits per heavy atom. The smallest absolute Gasteiger partial charge is 0.155 e. The van der Waals surface area contributed by atoms with Gasteiger partial charge in [-0.05, 0) is 17.5 Å². The van der Waals surface area contributed by atoms with E-state index < -0.39 is 20.6 Å². The molecule has 0 aliphatic heterocycles. The highest BCUT2D eigenvalue weighted by Crippen LogP contribution is 2.53. The molecule has 0 aromatic heterocycles. The lowest BCUT2D eigenvalue weighted by Gasteiger charge is -2.07. The van der Waals surface area contributed by atoms with E-state index in [9.17, 15) is 13.5 Å². The van der Waals surface area contributed by atoms with Crippen molar-refractivity contribution in [2.75, 3.05) is 12.4 Å². The molecule has 0 spiro atoms. The monoisotopic (exact) mass is 283 g/mol. The molecule has 1 aromatic rings. The Morgan fingerprint density at radius 2 is 1.84 bits per heavy atom. The molecule has 5 heteroatoms. The van der Waals surface area contributed by atoms with Crippen LogP contribution in [0.5, 0.6) is 0 Å². The maximum Gasteiger partial charge on any atom is 0.155 e. The normalized spacial score (nSPS) is 30.3. The third-order valence-corrected chi connectivity index (χ3v) is 6.40. The van der Waals surface area contributed by atoms with Crippen LogP contribution >= 0.6 is 0 Å². The molecular weight excluding hydrogens is 262 g/mol. The molecule has 3 N–H and O–H groups in total. The zero-order valence-electron chi connectivity index (χ0n) is 11.3. The van der Waals surface area contributed by atoms with Gasteiger partial charge >= 0.3 is 0 Å². The Bertz CT molecular complexity index is 553. The van der Waals surface area contributed by atoms with Crippen molar-refractivity contribution in [2.24, 2.45) is 5.73 Å². The molecule has 19 heavy (non-hydrogen) atoms. The Balaban J connectivity index is 2.34. The predicted octanol–water partition coefficient (Wildman–Crippen LogP) is 0.839. The van der Waals surface area contributed by atoms with Gasteiger partial charge in [0.1, 0.15) is 0 Å². The first-order valence-corrected chi connectivity index (χ1v) is 8.32. The van der Waals surface area contributed by atoms with Crippen LogP contribution in [0.1, 0.15) is 30.9 Å². The molecule has 0 saturated heterocycles. The summed E-state index contributed by atoms with van der Waals surface area (Å²) in [6.45, 7) is 3.37. The van der Waals surface area contributed by atoms with Crippen LogP contribution in [0.2, 0.25) is 0 Å². The molecule has 1 aliphatic carbocycles. The van der Waals surface area contributed by atoms with Gasteiger partial charge in [-0.15, -0.1) is 0 Å². The van der Waals surface area contributed by atoms with Gasteiger partial charge in [-0.25, -0.2) is 8.42 Å². The number of rotatable bonds is 5. The fraction of sp³-hybridized carbons (Fsp3) is 0.571. The fourth-order valence-electron chi connectivity index (χ4n) is 2.78. The average Bonchev–Trinajstić information content (AvgIpc) is 3.07. The van der Waals surface area contributed by atoms with Gasteiger partial charge in [-0.1, -0.05) is 38.1 Å². The lowest BCUT2D eigenvalue weighted by molar-refractivity contribution is 0.253. The third kappa shape index (κ3) is 2.30. The molecule has 2 rings (SSSR count). The number of hydrogen-bond acceptors (Lipinski definition) is 4. The maximum atomic E-state index is 12.1. The highest BCUT2D eigenvalue weighted by Gasteiger charge is 2.68. The van der Waals surface area contributed by atoms with Gasteiger partial charge in [0.15, 0.2) is 9.84 Å². The molecule has 1 aliphatic rings. The van der Waals surface area contributed by atoms with E-state index in [4.69, 9.17) is 5.73 Å². The Labute approximate surface area is 114 Å². The third-order valence-electron chi connectivity index (χ3n) is 4.11. The van der Waals surface area contributed by atoms with Crippen LogP contribution in [0.25, 0.3) is 0 Å². The molecule has 1 fully saturated rings. The van der Waals surface area contributed by atoms with Crippen LogP contribution in [-0.4, -0.2) is 36.7 Å². The highest BCUT2D eigenvalue weighted by molar-refractivity contribution is 7.92. The van der Waals surface area contributed by atoms with Crippen molar-refractivity contribution in [3.63, 3.8) is 0 Å². The van der Waals surface area contributed by atoms with Gasteiger partial charge in [0.25, 0.3) is 0 Å². The second-order valence-corrected chi connectivity index (χ2v) is 7.63. The summed E-state index contributed by atoms with van der Waals surface area (Å²) in [4.78, 5) is 0. The molecule has 1 saturated carbocycles. The lowest BCUT2D eigenvalue weighted by Crippen LogP contribution is -2.35. The first-order chi connectivity index (χ1) is 8.90. The van der Waals surface area contributed by atoms with E-state index >= 15 is 0 Å². The van der Waals surface area contributed by atoms with Gasteiger partial charge in [0, 0.05) is 11.7 Å². The van der Waals surface area contributed by atoms with E-state index in [2.05, 4.69) is 6.92 Å². The first-order valence-electron chi connectivity index (χ1n) is 6.60.